The van der Waals surface area contributed by atoms with Crippen molar-refractivity contribution in [3.05, 3.63) is 24.4 Å². The number of anilines is 1. The van der Waals surface area contributed by atoms with Crippen LogP contribution in [0.3, 0.4) is 0 Å². The monoisotopic (exact) mass is 371 g/mol. The van der Waals surface area contributed by atoms with Crippen LogP contribution in [0.25, 0.3) is 0 Å². The van der Waals surface area contributed by atoms with Gasteiger partial charge in [0, 0.05) is 37.1 Å². The Hall–Kier alpha value is -1.23. The van der Waals surface area contributed by atoms with Crippen molar-refractivity contribution in [2.75, 3.05) is 36.8 Å². The van der Waals surface area contributed by atoms with Crippen molar-refractivity contribution in [3.8, 4) is 0 Å². The van der Waals surface area contributed by atoms with Crippen molar-refractivity contribution in [1.29, 1.82) is 0 Å². The van der Waals surface area contributed by atoms with Crippen LogP contribution in [0.1, 0.15) is 38.5 Å². The molecule has 5 heteroatoms. The van der Waals surface area contributed by atoms with Crippen LogP contribution in [0, 0.1) is 17.8 Å². The lowest BCUT2D eigenvalue weighted by molar-refractivity contribution is -0.128. The number of hydrogen-bond acceptors (Lipinski definition) is 4. The van der Waals surface area contributed by atoms with Crippen LogP contribution in [0.15, 0.2) is 24.4 Å². The molecular weight excluding hydrogens is 342 g/mol. The van der Waals surface area contributed by atoms with Gasteiger partial charge in [-0.05, 0) is 68.4 Å². The summed E-state index contributed by atoms with van der Waals surface area (Å²) in [6.45, 7) is 3.45. The minimum Gasteiger partial charge on any atom is -0.353 e. The average Bonchev–Trinajstić information content (AvgIpc) is 2.66. The Morgan fingerprint density at radius 2 is 1.69 bits per heavy atom. The lowest BCUT2D eigenvalue weighted by atomic mass is 9.56. The van der Waals surface area contributed by atoms with E-state index in [1.165, 1.54) is 38.5 Å². The normalized spacial score (nSPS) is 35.8. The highest BCUT2D eigenvalue weighted by Gasteiger charge is 2.51. The van der Waals surface area contributed by atoms with E-state index >= 15 is 0 Å². The van der Waals surface area contributed by atoms with E-state index in [0.29, 0.717) is 16.4 Å². The van der Waals surface area contributed by atoms with E-state index in [0.717, 1.165) is 49.8 Å². The van der Waals surface area contributed by atoms with Gasteiger partial charge in [-0.2, -0.15) is 0 Å². The molecule has 2 heterocycles. The van der Waals surface area contributed by atoms with Gasteiger partial charge in [0.1, 0.15) is 5.82 Å². The molecule has 4 bridgehead atoms. The van der Waals surface area contributed by atoms with Gasteiger partial charge in [0.05, 0.1) is 5.75 Å². The Balaban J connectivity index is 1.14. The van der Waals surface area contributed by atoms with Crippen molar-refractivity contribution in [2.24, 2.45) is 17.8 Å². The molecule has 0 aromatic carbocycles. The SMILES string of the molecule is O=C(CSC12CC3CC(CC(C3)C1)C2)N1CCN(c2ccccn2)CC1. The third kappa shape index (κ3) is 3.23. The molecule has 0 spiro atoms. The van der Waals surface area contributed by atoms with E-state index < -0.39 is 0 Å². The number of pyridine rings is 1. The number of carbonyl (C=O) groups excluding carboxylic acids is 1. The van der Waals surface area contributed by atoms with Gasteiger partial charge < -0.3 is 9.80 Å². The van der Waals surface area contributed by atoms with Crippen LogP contribution in [-0.2, 0) is 4.79 Å². The van der Waals surface area contributed by atoms with Gasteiger partial charge in [-0.15, -0.1) is 11.8 Å². The Labute approximate surface area is 160 Å². The molecule has 0 N–H and O–H groups in total. The van der Waals surface area contributed by atoms with Crippen LogP contribution in [0.2, 0.25) is 0 Å². The molecule has 0 unspecified atom stereocenters. The highest BCUT2D eigenvalue weighted by atomic mass is 32.2. The van der Waals surface area contributed by atoms with E-state index in [2.05, 4.69) is 20.9 Å². The van der Waals surface area contributed by atoms with E-state index in [1.54, 1.807) is 0 Å². The number of hydrogen-bond donors (Lipinski definition) is 0. The molecule has 6 rings (SSSR count). The zero-order valence-corrected chi connectivity index (χ0v) is 16.3. The number of amides is 1. The van der Waals surface area contributed by atoms with E-state index in [1.807, 2.05) is 30.1 Å². The molecular formula is C21H29N3OS. The van der Waals surface area contributed by atoms with Crippen molar-refractivity contribution < 1.29 is 4.79 Å². The summed E-state index contributed by atoms with van der Waals surface area (Å²) in [5, 5.41) is 0. The summed E-state index contributed by atoms with van der Waals surface area (Å²) >= 11 is 2.02. The second-order valence-corrected chi connectivity index (χ2v) is 10.4. The summed E-state index contributed by atoms with van der Waals surface area (Å²) in [4.78, 5) is 21.6. The molecule has 140 valence electrons. The summed E-state index contributed by atoms with van der Waals surface area (Å²) in [7, 11) is 0. The molecule has 0 atom stereocenters. The van der Waals surface area contributed by atoms with Crippen LogP contribution in [0.4, 0.5) is 5.82 Å². The van der Waals surface area contributed by atoms with Gasteiger partial charge in [-0.25, -0.2) is 4.98 Å². The van der Waals surface area contributed by atoms with Crippen molar-refractivity contribution in [3.63, 3.8) is 0 Å². The first-order chi connectivity index (χ1) is 12.7. The minimum atomic E-state index is 0.353. The molecule has 1 aromatic rings. The third-order valence-electron chi connectivity index (χ3n) is 7.09. The highest BCUT2D eigenvalue weighted by molar-refractivity contribution is 8.01. The molecule has 1 saturated heterocycles. The summed E-state index contributed by atoms with van der Waals surface area (Å²) in [6.07, 6.45) is 10.4. The van der Waals surface area contributed by atoms with Crippen LogP contribution < -0.4 is 4.90 Å². The van der Waals surface area contributed by atoms with Crippen molar-refractivity contribution >= 4 is 23.5 Å². The lowest BCUT2D eigenvalue weighted by Gasteiger charge is -2.56. The fourth-order valence-electron chi connectivity index (χ4n) is 6.24. The van der Waals surface area contributed by atoms with E-state index in [9.17, 15) is 4.79 Å². The first-order valence-electron chi connectivity index (χ1n) is 10.3. The first kappa shape index (κ1) is 16.9. The second kappa shape index (κ2) is 6.74. The molecule has 4 nitrogen and oxygen atoms in total. The second-order valence-electron chi connectivity index (χ2n) is 8.95. The topological polar surface area (TPSA) is 36.4 Å². The maximum Gasteiger partial charge on any atom is 0.232 e. The predicted octanol–water partition coefficient (Wildman–Crippen LogP) is 3.43. The van der Waals surface area contributed by atoms with Gasteiger partial charge in [0.2, 0.25) is 5.91 Å². The Morgan fingerprint density at radius 1 is 1.04 bits per heavy atom. The summed E-state index contributed by atoms with van der Waals surface area (Å²) in [5.41, 5.74) is 0. The van der Waals surface area contributed by atoms with Crippen LogP contribution in [0.5, 0.6) is 0 Å². The minimum absolute atomic E-state index is 0.353. The van der Waals surface area contributed by atoms with Gasteiger partial charge in [-0.1, -0.05) is 6.07 Å². The Morgan fingerprint density at radius 3 is 2.27 bits per heavy atom. The number of nitrogens with zero attached hydrogens (tertiary/aromatic N) is 3. The quantitative estimate of drug-likeness (QED) is 0.812. The highest BCUT2D eigenvalue weighted by Crippen LogP contribution is 2.60. The van der Waals surface area contributed by atoms with Crippen molar-refractivity contribution in [2.45, 2.75) is 43.3 Å². The zero-order valence-electron chi connectivity index (χ0n) is 15.5. The molecule has 5 fully saturated rings. The predicted molar refractivity (Wildman–Crippen MR) is 106 cm³/mol. The van der Waals surface area contributed by atoms with Crippen LogP contribution in [-0.4, -0.2) is 52.5 Å². The largest absolute Gasteiger partial charge is 0.353 e. The molecule has 4 aliphatic carbocycles. The Kier molecular flexibility index (Phi) is 4.38. The van der Waals surface area contributed by atoms with Gasteiger partial charge in [0.25, 0.3) is 0 Å². The average molecular weight is 372 g/mol. The number of rotatable bonds is 4. The van der Waals surface area contributed by atoms with Gasteiger partial charge >= 0.3 is 0 Å². The molecule has 0 radical (unpaired) electrons. The molecule has 1 aliphatic heterocycles. The number of thioether (sulfide) groups is 1. The summed E-state index contributed by atoms with van der Waals surface area (Å²) in [5.74, 6) is 4.96. The Bertz CT molecular complexity index is 621. The maximum atomic E-state index is 12.8. The maximum absolute atomic E-state index is 12.8. The van der Waals surface area contributed by atoms with Gasteiger partial charge in [-0.3, -0.25) is 4.79 Å². The zero-order chi connectivity index (χ0) is 17.6. The van der Waals surface area contributed by atoms with Crippen molar-refractivity contribution in [1.82, 2.24) is 9.88 Å². The fourth-order valence-corrected chi connectivity index (χ4v) is 7.91. The van der Waals surface area contributed by atoms with E-state index in [4.69, 9.17) is 0 Å². The number of piperazine rings is 1. The number of carbonyl (C=O) groups is 1. The molecule has 1 aromatic heterocycles. The van der Waals surface area contributed by atoms with Crippen LogP contribution >= 0.6 is 11.8 Å². The standard InChI is InChI=1S/C21H29N3OS/c25-20(24-7-5-23(6-8-24)19-3-1-2-4-22-19)15-26-21-12-16-9-17(13-21)11-18(10-16)14-21/h1-4,16-18H,5-15H2. The summed E-state index contributed by atoms with van der Waals surface area (Å²) < 4.78 is 0.445. The third-order valence-corrected chi connectivity index (χ3v) is 8.59. The fraction of sp³-hybridized carbons (Fsp3) is 0.714. The molecule has 1 amide bonds. The smallest absolute Gasteiger partial charge is 0.232 e. The summed E-state index contributed by atoms with van der Waals surface area (Å²) in [6, 6.07) is 6.04. The lowest BCUT2D eigenvalue weighted by Crippen LogP contribution is -2.51. The van der Waals surface area contributed by atoms with E-state index in [-0.39, 0.29) is 0 Å². The first-order valence-corrected chi connectivity index (χ1v) is 11.3. The molecule has 5 aliphatic rings. The molecule has 26 heavy (non-hydrogen) atoms. The molecule has 4 saturated carbocycles. The van der Waals surface area contributed by atoms with Gasteiger partial charge in [0.15, 0.2) is 0 Å². The number of aromatic nitrogens is 1.